The Balaban J connectivity index is 2.36. The van der Waals surface area contributed by atoms with Gasteiger partial charge in [0, 0.05) is 17.5 Å². The lowest BCUT2D eigenvalue weighted by molar-refractivity contribution is -0.123. The van der Waals surface area contributed by atoms with Crippen LogP contribution in [-0.4, -0.2) is 55.2 Å². The van der Waals surface area contributed by atoms with E-state index >= 15 is 0 Å². The van der Waals surface area contributed by atoms with E-state index in [4.69, 9.17) is 32.7 Å². The number of methoxy groups -OCH3 is 2. The molecule has 11 heteroatoms. The molecule has 0 spiro atoms. The van der Waals surface area contributed by atoms with E-state index in [1.54, 1.807) is 24.3 Å². The zero-order chi connectivity index (χ0) is 25.4. The maximum Gasteiger partial charge on any atom is 0.475 e. The largest absolute Gasteiger partial charge is 0.497 e. The molecule has 2 atom stereocenters. The summed E-state index contributed by atoms with van der Waals surface area (Å²) >= 11 is 12.2. The lowest BCUT2D eigenvalue weighted by atomic mass is 9.75. The fraction of sp³-hybridized carbons (Fsp3) is 0.391. The molecule has 8 nitrogen and oxygen atoms in total. The van der Waals surface area contributed by atoms with Gasteiger partial charge in [-0.05, 0) is 48.2 Å². The first kappa shape index (κ1) is 27.8. The summed E-state index contributed by atoms with van der Waals surface area (Å²) in [5.41, 5.74) is 0.759. The van der Waals surface area contributed by atoms with E-state index in [9.17, 15) is 19.6 Å². The van der Waals surface area contributed by atoms with Crippen molar-refractivity contribution in [2.45, 2.75) is 38.7 Å². The van der Waals surface area contributed by atoms with Gasteiger partial charge in [0.1, 0.15) is 17.5 Å². The number of rotatable bonds is 11. The van der Waals surface area contributed by atoms with E-state index in [2.05, 4.69) is 10.6 Å². The SMILES string of the molecule is COc1cc(C[C@H](NC(=O)c2cc(Cl)ccc2Cl)C(=O)N[C@@H](CC(C)C)B(O)O)cc(OC)c1. The van der Waals surface area contributed by atoms with E-state index in [-0.39, 0.29) is 22.9 Å². The van der Waals surface area contributed by atoms with Gasteiger partial charge in [0.25, 0.3) is 5.91 Å². The monoisotopic (exact) mass is 510 g/mol. The van der Waals surface area contributed by atoms with E-state index in [1.165, 1.54) is 26.4 Å². The standard InChI is InChI=1S/C23H29BCl2N2O6/c1-13(2)7-21(24(31)32)28-23(30)20(10-14-8-16(33-3)12-17(9-14)34-4)27-22(29)18-11-15(25)5-6-19(18)26/h5-6,8-9,11-13,20-21,31-32H,7,10H2,1-4H3,(H,27,29)(H,28,30)/t20-,21-/m0/s1. The second-order valence-electron chi connectivity index (χ2n) is 8.23. The van der Waals surface area contributed by atoms with Gasteiger partial charge in [-0.1, -0.05) is 37.0 Å². The van der Waals surface area contributed by atoms with Crippen molar-refractivity contribution in [3.8, 4) is 11.5 Å². The van der Waals surface area contributed by atoms with Gasteiger partial charge in [-0.3, -0.25) is 9.59 Å². The van der Waals surface area contributed by atoms with Gasteiger partial charge in [0.2, 0.25) is 5.91 Å². The molecule has 0 aliphatic heterocycles. The molecule has 2 rings (SSSR count). The van der Waals surface area contributed by atoms with Crippen molar-refractivity contribution in [2.24, 2.45) is 5.92 Å². The molecule has 4 N–H and O–H groups in total. The molecule has 0 radical (unpaired) electrons. The van der Waals surface area contributed by atoms with Crippen LogP contribution in [0.25, 0.3) is 0 Å². The number of hydrogen-bond acceptors (Lipinski definition) is 6. The minimum absolute atomic E-state index is 0.0687. The Morgan fingerprint density at radius 2 is 1.62 bits per heavy atom. The van der Waals surface area contributed by atoms with Crippen LogP contribution in [0.15, 0.2) is 36.4 Å². The van der Waals surface area contributed by atoms with Gasteiger partial charge < -0.3 is 30.2 Å². The van der Waals surface area contributed by atoms with Crippen LogP contribution < -0.4 is 20.1 Å². The fourth-order valence-corrected chi connectivity index (χ4v) is 3.76. The second-order valence-corrected chi connectivity index (χ2v) is 9.08. The summed E-state index contributed by atoms with van der Waals surface area (Å²) in [5.74, 6) is -0.989. The Labute approximate surface area is 209 Å². The van der Waals surface area contributed by atoms with Crippen LogP contribution in [0.3, 0.4) is 0 Å². The van der Waals surface area contributed by atoms with Crippen LogP contribution >= 0.6 is 23.2 Å². The van der Waals surface area contributed by atoms with Crippen molar-refractivity contribution >= 4 is 42.1 Å². The maximum absolute atomic E-state index is 13.2. The number of amides is 2. The Bertz CT molecular complexity index is 983. The normalized spacial score (nSPS) is 12.6. The highest BCUT2D eigenvalue weighted by molar-refractivity contribution is 6.43. The molecule has 0 saturated heterocycles. The molecule has 0 unspecified atom stereocenters. The van der Waals surface area contributed by atoms with Crippen LogP contribution in [0.2, 0.25) is 10.0 Å². The van der Waals surface area contributed by atoms with E-state index in [0.717, 1.165) is 0 Å². The number of benzene rings is 2. The van der Waals surface area contributed by atoms with Crippen LogP contribution in [0.5, 0.6) is 11.5 Å². The molecule has 34 heavy (non-hydrogen) atoms. The van der Waals surface area contributed by atoms with Crippen LogP contribution in [0.4, 0.5) is 0 Å². The lowest BCUT2D eigenvalue weighted by Crippen LogP contribution is -2.55. The van der Waals surface area contributed by atoms with Crippen LogP contribution in [0, 0.1) is 5.92 Å². The van der Waals surface area contributed by atoms with Gasteiger partial charge in [0.05, 0.1) is 30.7 Å². The average molecular weight is 511 g/mol. The summed E-state index contributed by atoms with van der Waals surface area (Å²) in [6.07, 6.45) is 0.399. The topological polar surface area (TPSA) is 117 Å². The minimum atomic E-state index is -1.76. The first-order valence-corrected chi connectivity index (χ1v) is 11.4. The lowest BCUT2D eigenvalue weighted by Gasteiger charge is -2.24. The van der Waals surface area contributed by atoms with E-state index in [1.807, 2.05) is 13.8 Å². The number of carbonyl (C=O) groups excluding carboxylic acids is 2. The molecule has 0 heterocycles. The molecule has 184 valence electrons. The summed E-state index contributed by atoms with van der Waals surface area (Å²) < 4.78 is 10.6. The van der Waals surface area contributed by atoms with Crippen LogP contribution in [-0.2, 0) is 11.2 Å². The fourth-order valence-electron chi connectivity index (χ4n) is 3.38. The quantitative estimate of drug-likeness (QED) is 0.345. The summed E-state index contributed by atoms with van der Waals surface area (Å²) in [6.45, 7) is 3.79. The maximum atomic E-state index is 13.2. The van der Waals surface area contributed by atoms with Crippen molar-refractivity contribution in [2.75, 3.05) is 14.2 Å². The highest BCUT2D eigenvalue weighted by Crippen LogP contribution is 2.24. The van der Waals surface area contributed by atoms with Crippen molar-refractivity contribution in [1.29, 1.82) is 0 Å². The second kappa shape index (κ2) is 12.9. The summed E-state index contributed by atoms with van der Waals surface area (Å²) in [6, 6.07) is 8.48. The van der Waals surface area contributed by atoms with Crippen molar-refractivity contribution in [3.63, 3.8) is 0 Å². The van der Waals surface area contributed by atoms with Gasteiger partial charge in [0.15, 0.2) is 0 Å². The van der Waals surface area contributed by atoms with Gasteiger partial charge >= 0.3 is 7.12 Å². The van der Waals surface area contributed by atoms with E-state index < -0.39 is 30.9 Å². The predicted molar refractivity (Wildman–Crippen MR) is 133 cm³/mol. The van der Waals surface area contributed by atoms with Gasteiger partial charge in [-0.25, -0.2) is 0 Å². The predicted octanol–water partition coefficient (Wildman–Crippen LogP) is 2.89. The van der Waals surface area contributed by atoms with Crippen molar-refractivity contribution in [3.05, 3.63) is 57.6 Å². The van der Waals surface area contributed by atoms with Gasteiger partial charge in [-0.2, -0.15) is 0 Å². The van der Waals surface area contributed by atoms with Crippen LogP contribution in [0.1, 0.15) is 36.2 Å². The molecule has 2 aromatic rings. The number of carbonyl (C=O) groups is 2. The third kappa shape index (κ3) is 8.09. The molecule has 0 aliphatic carbocycles. The zero-order valence-corrected chi connectivity index (χ0v) is 21.0. The summed E-state index contributed by atoms with van der Waals surface area (Å²) in [4.78, 5) is 26.2. The van der Waals surface area contributed by atoms with Crippen molar-refractivity contribution < 1.29 is 29.1 Å². The molecule has 0 bridgehead atoms. The molecular weight excluding hydrogens is 482 g/mol. The molecule has 0 saturated carbocycles. The first-order chi connectivity index (χ1) is 16.0. The first-order valence-electron chi connectivity index (χ1n) is 10.7. The molecule has 2 aromatic carbocycles. The van der Waals surface area contributed by atoms with Gasteiger partial charge in [-0.15, -0.1) is 0 Å². The number of nitrogens with one attached hydrogen (secondary N) is 2. The zero-order valence-electron chi connectivity index (χ0n) is 19.5. The number of ether oxygens (including phenoxy) is 2. The average Bonchev–Trinajstić information content (AvgIpc) is 2.78. The highest BCUT2D eigenvalue weighted by Gasteiger charge is 2.30. The molecular formula is C23H29BCl2N2O6. The van der Waals surface area contributed by atoms with E-state index in [0.29, 0.717) is 28.5 Å². The Morgan fingerprint density at radius 3 is 2.15 bits per heavy atom. The minimum Gasteiger partial charge on any atom is -0.497 e. The summed E-state index contributed by atoms with van der Waals surface area (Å²) in [7, 11) is 1.25. The number of hydrogen-bond donors (Lipinski definition) is 4. The molecule has 0 aliphatic rings. The smallest absolute Gasteiger partial charge is 0.475 e. The molecule has 2 amide bonds. The Morgan fingerprint density at radius 1 is 1.00 bits per heavy atom. The number of halogens is 2. The highest BCUT2D eigenvalue weighted by atomic mass is 35.5. The Kier molecular flexibility index (Phi) is 10.5. The Hall–Kier alpha value is -2.46. The summed E-state index contributed by atoms with van der Waals surface area (Å²) in [5, 5.41) is 25.3. The van der Waals surface area contributed by atoms with Crippen molar-refractivity contribution in [1.82, 2.24) is 10.6 Å². The molecule has 0 fully saturated rings. The molecule has 0 aromatic heterocycles. The third-order valence-electron chi connectivity index (χ3n) is 5.06. The third-order valence-corrected chi connectivity index (χ3v) is 5.62.